The SMILES string of the molecule is CC(C)N1CCCC[C@@H]1C(=O)OCC(=O)N(CCC#N)CCC#N. The quantitative estimate of drug-likeness (QED) is 0.623. The van der Waals surface area contributed by atoms with E-state index in [1.54, 1.807) is 0 Å². The predicted molar refractivity (Wildman–Crippen MR) is 87.5 cm³/mol. The van der Waals surface area contributed by atoms with Crippen LogP contribution in [0.5, 0.6) is 0 Å². The first-order chi connectivity index (χ1) is 11.5. The number of likely N-dealkylation sites (tertiary alicyclic amines) is 1. The van der Waals surface area contributed by atoms with Gasteiger partial charge >= 0.3 is 5.97 Å². The third-order valence-corrected chi connectivity index (χ3v) is 4.16. The highest BCUT2D eigenvalue weighted by atomic mass is 16.5. The Kier molecular flexibility index (Phi) is 8.81. The van der Waals surface area contributed by atoms with Crippen LogP contribution in [0.25, 0.3) is 0 Å². The highest BCUT2D eigenvalue weighted by molar-refractivity contribution is 5.82. The molecule has 1 atom stereocenters. The van der Waals surface area contributed by atoms with Gasteiger partial charge in [-0.15, -0.1) is 0 Å². The van der Waals surface area contributed by atoms with Crippen LogP contribution in [-0.2, 0) is 14.3 Å². The van der Waals surface area contributed by atoms with Gasteiger partial charge in [0.05, 0.1) is 25.0 Å². The molecule has 132 valence electrons. The normalized spacial score (nSPS) is 17.8. The van der Waals surface area contributed by atoms with Crippen LogP contribution in [0.4, 0.5) is 0 Å². The summed E-state index contributed by atoms with van der Waals surface area (Å²) in [4.78, 5) is 28.0. The molecule has 0 aromatic heterocycles. The van der Waals surface area contributed by atoms with E-state index in [1.165, 1.54) is 4.90 Å². The Labute approximate surface area is 143 Å². The van der Waals surface area contributed by atoms with E-state index >= 15 is 0 Å². The van der Waals surface area contributed by atoms with Crippen molar-refractivity contribution in [2.24, 2.45) is 0 Å². The number of piperidine rings is 1. The number of nitriles is 2. The van der Waals surface area contributed by atoms with Crippen LogP contribution in [-0.4, -0.2) is 60.0 Å². The molecule has 0 spiro atoms. The molecular formula is C17H26N4O3. The summed E-state index contributed by atoms with van der Waals surface area (Å²) in [6.45, 7) is 5.11. The first-order valence-electron chi connectivity index (χ1n) is 8.45. The van der Waals surface area contributed by atoms with E-state index in [0.29, 0.717) is 0 Å². The van der Waals surface area contributed by atoms with Crippen LogP contribution >= 0.6 is 0 Å². The zero-order valence-electron chi connectivity index (χ0n) is 14.5. The molecule has 0 bridgehead atoms. The van der Waals surface area contributed by atoms with Crippen molar-refractivity contribution in [3.63, 3.8) is 0 Å². The standard InChI is InChI=1S/C17H26N4O3/c1-14(2)21-12-4-3-7-15(21)17(23)24-13-16(22)20(10-5-8-18)11-6-9-19/h14-15H,3-7,10-13H2,1-2H3/t15-/m1/s1. The molecule has 0 N–H and O–H groups in total. The summed E-state index contributed by atoms with van der Waals surface area (Å²) in [5, 5.41) is 17.3. The Balaban J connectivity index is 2.55. The summed E-state index contributed by atoms with van der Waals surface area (Å²) >= 11 is 0. The first kappa shape index (κ1) is 19.9. The molecule has 0 radical (unpaired) electrons. The first-order valence-corrected chi connectivity index (χ1v) is 8.45. The molecule has 0 unspecified atom stereocenters. The third-order valence-electron chi connectivity index (χ3n) is 4.16. The lowest BCUT2D eigenvalue weighted by Gasteiger charge is -2.36. The molecule has 0 aromatic carbocycles. The van der Waals surface area contributed by atoms with Crippen LogP contribution in [0, 0.1) is 22.7 Å². The molecule has 0 aromatic rings. The van der Waals surface area contributed by atoms with Gasteiger partial charge < -0.3 is 9.64 Å². The Morgan fingerprint density at radius 1 is 1.21 bits per heavy atom. The smallest absolute Gasteiger partial charge is 0.323 e. The molecule has 0 aliphatic carbocycles. The maximum atomic E-state index is 12.3. The van der Waals surface area contributed by atoms with Gasteiger partial charge in [0.15, 0.2) is 6.61 Å². The van der Waals surface area contributed by atoms with E-state index in [9.17, 15) is 9.59 Å². The van der Waals surface area contributed by atoms with Gasteiger partial charge in [-0.1, -0.05) is 6.42 Å². The van der Waals surface area contributed by atoms with Gasteiger partial charge in [-0.2, -0.15) is 10.5 Å². The fourth-order valence-electron chi connectivity index (χ4n) is 2.88. The van der Waals surface area contributed by atoms with Gasteiger partial charge in [-0.3, -0.25) is 14.5 Å². The second-order valence-corrected chi connectivity index (χ2v) is 6.15. The van der Waals surface area contributed by atoms with Gasteiger partial charge in [-0.05, 0) is 33.2 Å². The fraction of sp³-hybridized carbons (Fsp3) is 0.765. The molecule has 1 aliphatic rings. The zero-order valence-corrected chi connectivity index (χ0v) is 14.5. The summed E-state index contributed by atoms with van der Waals surface area (Å²) in [7, 11) is 0. The number of ether oxygens (including phenoxy) is 1. The minimum Gasteiger partial charge on any atom is -0.454 e. The van der Waals surface area contributed by atoms with Gasteiger partial charge in [0.1, 0.15) is 6.04 Å². The number of esters is 1. The van der Waals surface area contributed by atoms with Crippen molar-refractivity contribution in [1.29, 1.82) is 10.5 Å². The number of carbonyl (C=O) groups is 2. The average molecular weight is 334 g/mol. The lowest BCUT2D eigenvalue weighted by molar-refractivity contribution is -0.158. The van der Waals surface area contributed by atoms with Crippen LogP contribution in [0.2, 0.25) is 0 Å². The largest absolute Gasteiger partial charge is 0.454 e. The molecule has 1 fully saturated rings. The van der Waals surface area contributed by atoms with E-state index in [4.69, 9.17) is 15.3 Å². The molecule has 1 saturated heterocycles. The Morgan fingerprint density at radius 3 is 2.38 bits per heavy atom. The second kappa shape index (κ2) is 10.6. The summed E-state index contributed by atoms with van der Waals surface area (Å²) in [5.74, 6) is -0.724. The van der Waals surface area contributed by atoms with Crippen molar-refractivity contribution in [3.8, 4) is 12.1 Å². The average Bonchev–Trinajstić information content (AvgIpc) is 2.59. The van der Waals surface area contributed by atoms with Crippen molar-refractivity contribution in [1.82, 2.24) is 9.80 Å². The minimum absolute atomic E-state index is 0.189. The number of carbonyl (C=O) groups excluding carboxylic acids is 2. The van der Waals surface area contributed by atoms with E-state index in [1.807, 2.05) is 26.0 Å². The van der Waals surface area contributed by atoms with Crippen LogP contribution in [0.1, 0.15) is 46.0 Å². The van der Waals surface area contributed by atoms with Gasteiger partial charge in [-0.25, -0.2) is 0 Å². The number of hydrogen-bond acceptors (Lipinski definition) is 6. The van der Waals surface area contributed by atoms with Gasteiger partial charge in [0, 0.05) is 19.1 Å². The molecule has 1 rings (SSSR count). The maximum Gasteiger partial charge on any atom is 0.323 e. The number of rotatable bonds is 8. The van der Waals surface area contributed by atoms with Gasteiger partial charge in [0.2, 0.25) is 0 Å². The predicted octanol–water partition coefficient (Wildman–Crippen LogP) is 1.45. The maximum absolute atomic E-state index is 12.3. The summed E-state index contributed by atoms with van der Waals surface area (Å²) < 4.78 is 5.23. The molecule has 1 amide bonds. The molecule has 24 heavy (non-hydrogen) atoms. The molecule has 1 heterocycles. The molecule has 7 nitrogen and oxygen atoms in total. The molecule has 7 heteroatoms. The number of nitrogens with zero attached hydrogens (tertiary/aromatic N) is 4. The van der Waals surface area contributed by atoms with E-state index in [2.05, 4.69) is 4.90 Å². The monoisotopic (exact) mass is 334 g/mol. The van der Waals surface area contributed by atoms with E-state index in [0.717, 1.165) is 25.8 Å². The van der Waals surface area contributed by atoms with Crippen LogP contribution < -0.4 is 0 Å². The fourth-order valence-corrected chi connectivity index (χ4v) is 2.88. The summed E-state index contributed by atoms with van der Waals surface area (Å²) in [6.07, 6.45) is 3.17. The molecule has 0 saturated carbocycles. The van der Waals surface area contributed by atoms with Crippen molar-refractivity contribution in [2.45, 2.75) is 58.0 Å². The molecule has 1 aliphatic heterocycles. The van der Waals surface area contributed by atoms with Crippen molar-refractivity contribution in [3.05, 3.63) is 0 Å². The van der Waals surface area contributed by atoms with Crippen molar-refractivity contribution in [2.75, 3.05) is 26.2 Å². The van der Waals surface area contributed by atoms with E-state index in [-0.39, 0.29) is 56.5 Å². The Bertz CT molecular complexity index is 489. The van der Waals surface area contributed by atoms with Crippen LogP contribution in [0.3, 0.4) is 0 Å². The van der Waals surface area contributed by atoms with E-state index < -0.39 is 0 Å². The number of amides is 1. The highest BCUT2D eigenvalue weighted by Crippen LogP contribution is 2.20. The lowest BCUT2D eigenvalue weighted by atomic mass is 10.0. The zero-order chi connectivity index (χ0) is 17.9. The topological polar surface area (TPSA) is 97.4 Å². The van der Waals surface area contributed by atoms with Crippen molar-refractivity contribution >= 4 is 11.9 Å². The second-order valence-electron chi connectivity index (χ2n) is 6.15. The minimum atomic E-state index is -0.364. The number of hydrogen-bond donors (Lipinski definition) is 0. The van der Waals surface area contributed by atoms with Gasteiger partial charge in [0.25, 0.3) is 5.91 Å². The summed E-state index contributed by atoms with van der Waals surface area (Å²) in [5.41, 5.74) is 0. The Hall–Kier alpha value is -2.12. The lowest BCUT2D eigenvalue weighted by Crippen LogP contribution is -2.49. The molecular weight excluding hydrogens is 308 g/mol. The Morgan fingerprint density at radius 2 is 1.83 bits per heavy atom. The van der Waals surface area contributed by atoms with Crippen LogP contribution in [0.15, 0.2) is 0 Å². The highest BCUT2D eigenvalue weighted by Gasteiger charge is 2.32. The third kappa shape index (κ3) is 6.17. The van der Waals surface area contributed by atoms with Crippen molar-refractivity contribution < 1.29 is 14.3 Å². The summed E-state index contributed by atoms with van der Waals surface area (Å²) in [6, 6.07) is 3.90.